The molecule has 4 rings (SSSR count). The summed E-state index contributed by atoms with van der Waals surface area (Å²) in [6.07, 6.45) is 0. The van der Waals surface area contributed by atoms with Crippen molar-refractivity contribution < 1.29 is 9.59 Å². The number of hydrogen-bond donors (Lipinski definition) is 3. The Balaban J connectivity index is 1.40. The van der Waals surface area contributed by atoms with Crippen LogP contribution >= 0.6 is 22.7 Å². The van der Waals surface area contributed by atoms with E-state index >= 15 is 0 Å². The van der Waals surface area contributed by atoms with Crippen molar-refractivity contribution >= 4 is 60.8 Å². The van der Waals surface area contributed by atoms with Crippen LogP contribution in [0.4, 0.5) is 20.7 Å². The van der Waals surface area contributed by atoms with E-state index in [-0.39, 0.29) is 11.6 Å². The van der Waals surface area contributed by atoms with E-state index in [9.17, 15) is 9.59 Å². The predicted octanol–water partition coefficient (Wildman–Crippen LogP) is 5.27. The van der Waals surface area contributed by atoms with Gasteiger partial charge in [-0.25, -0.2) is 14.8 Å². The van der Waals surface area contributed by atoms with Gasteiger partial charge in [-0.2, -0.15) is 0 Å². The summed E-state index contributed by atoms with van der Waals surface area (Å²) < 4.78 is 1.01. The molecule has 3 amide bonds. The van der Waals surface area contributed by atoms with Crippen molar-refractivity contribution in [1.82, 2.24) is 9.97 Å². The number of aromatic nitrogens is 2. The number of amides is 3. The fourth-order valence-electron chi connectivity index (χ4n) is 2.72. The number of hydrogen-bond acceptors (Lipinski definition) is 6. The Morgan fingerprint density at radius 2 is 1.76 bits per heavy atom. The zero-order chi connectivity index (χ0) is 20.4. The highest BCUT2D eigenvalue weighted by Gasteiger charge is 2.15. The van der Waals surface area contributed by atoms with Crippen molar-refractivity contribution in [2.24, 2.45) is 0 Å². The minimum absolute atomic E-state index is 0.219. The molecule has 146 valence electrons. The number of carbonyl (C=O) groups is 2. The molecule has 0 aliphatic rings. The van der Waals surface area contributed by atoms with Crippen LogP contribution < -0.4 is 16.0 Å². The van der Waals surface area contributed by atoms with Gasteiger partial charge < -0.3 is 5.32 Å². The smallest absolute Gasteiger partial charge is 0.308 e. The van der Waals surface area contributed by atoms with E-state index in [0.717, 1.165) is 21.3 Å². The average molecular weight is 424 g/mol. The molecule has 0 saturated carbocycles. The van der Waals surface area contributed by atoms with Gasteiger partial charge in [0.1, 0.15) is 5.69 Å². The van der Waals surface area contributed by atoms with Gasteiger partial charge in [-0.05, 0) is 43.2 Å². The maximum atomic E-state index is 12.5. The summed E-state index contributed by atoms with van der Waals surface area (Å²) in [5.74, 6) is -0.370. The lowest BCUT2D eigenvalue weighted by molar-refractivity contribution is 0.102. The first kappa shape index (κ1) is 19.0. The molecule has 9 heteroatoms. The molecule has 0 radical (unpaired) electrons. The van der Waals surface area contributed by atoms with Gasteiger partial charge in [0.15, 0.2) is 10.3 Å². The second kappa shape index (κ2) is 7.98. The van der Waals surface area contributed by atoms with Crippen LogP contribution in [0.25, 0.3) is 10.2 Å². The number of urea groups is 1. The lowest BCUT2D eigenvalue weighted by Crippen LogP contribution is -2.19. The molecule has 0 bridgehead atoms. The first-order valence-electron chi connectivity index (χ1n) is 8.75. The van der Waals surface area contributed by atoms with E-state index in [2.05, 4.69) is 25.9 Å². The van der Waals surface area contributed by atoms with Crippen LogP contribution in [0.1, 0.15) is 21.6 Å². The molecular weight excluding hydrogens is 406 g/mol. The van der Waals surface area contributed by atoms with E-state index in [1.807, 2.05) is 50.2 Å². The summed E-state index contributed by atoms with van der Waals surface area (Å²) in [5, 5.41) is 10.6. The number of thiazole rings is 2. The highest BCUT2D eigenvalue weighted by atomic mass is 32.1. The van der Waals surface area contributed by atoms with Crippen molar-refractivity contribution in [3.63, 3.8) is 0 Å². The number of anilines is 3. The molecule has 0 saturated heterocycles. The normalized spacial score (nSPS) is 10.7. The van der Waals surface area contributed by atoms with Gasteiger partial charge >= 0.3 is 6.03 Å². The molecular formula is C20H17N5O2S2. The Morgan fingerprint density at radius 3 is 2.55 bits per heavy atom. The van der Waals surface area contributed by atoms with Crippen molar-refractivity contribution in [2.45, 2.75) is 13.8 Å². The summed E-state index contributed by atoms with van der Waals surface area (Å²) in [6.45, 7) is 3.93. The zero-order valence-electron chi connectivity index (χ0n) is 15.6. The molecule has 0 unspecified atom stereocenters. The molecule has 2 aromatic carbocycles. The number of rotatable bonds is 4. The first-order chi connectivity index (χ1) is 14.0. The Hall–Kier alpha value is -3.30. The van der Waals surface area contributed by atoms with Crippen LogP contribution in [-0.2, 0) is 0 Å². The lowest BCUT2D eigenvalue weighted by Gasteiger charge is -2.05. The Labute approximate surface area is 174 Å². The van der Waals surface area contributed by atoms with Crippen LogP contribution in [0.15, 0.2) is 47.8 Å². The molecule has 0 fully saturated rings. The van der Waals surface area contributed by atoms with Gasteiger partial charge in [-0.1, -0.05) is 35.6 Å². The maximum Gasteiger partial charge on any atom is 0.325 e. The van der Waals surface area contributed by atoms with Crippen LogP contribution in [0.3, 0.4) is 0 Å². The van der Waals surface area contributed by atoms with Crippen LogP contribution in [0.2, 0.25) is 0 Å². The molecule has 0 spiro atoms. The number of fused-ring (bicyclic) bond motifs is 1. The van der Waals surface area contributed by atoms with Crippen molar-refractivity contribution in [1.29, 1.82) is 0 Å². The Morgan fingerprint density at radius 1 is 0.931 bits per heavy atom. The fourth-order valence-corrected chi connectivity index (χ4v) is 4.34. The Bertz CT molecular complexity index is 1210. The van der Waals surface area contributed by atoms with E-state index < -0.39 is 6.03 Å². The standard InChI is InChI=1S/C20H17N5O2S2/c1-11-5-3-7-13(9-11)21-18(27)25-19-22-14(10-28-19)17(26)24-20-23-16-12(2)6-4-8-15(16)29-20/h3-10H,1-2H3,(H,23,24,26)(H2,21,22,25,27). The van der Waals surface area contributed by atoms with Crippen LogP contribution in [0, 0.1) is 13.8 Å². The first-order valence-corrected chi connectivity index (χ1v) is 10.5. The van der Waals surface area contributed by atoms with Crippen LogP contribution in [0.5, 0.6) is 0 Å². The number of nitrogens with one attached hydrogen (secondary N) is 3. The SMILES string of the molecule is Cc1cccc(NC(=O)Nc2nc(C(=O)Nc3nc4c(C)cccc4s3)cs2)c1. The van der Waals surface area contributed by atoms with Gasteiger partial charge in [0, 0.05) is 11.1 Å². The van der Waals surface area contributed by atoms with Gasteiger partial charge in [0.05, 0.1) is 10.2 Å². The number of nitrogens with zero attached hydrogens (tertiary/aromatic N) is 2. The fraction of sp³-hybridized carbons (Fsp3) is 0.100. The summed E-state index contributed by atoms with van der Waals surface area (Å²) >= 11 is 2.58. The number of aryl methyl sites for hydroxylation is 2. The van der Waals surface area contributed by atoms with Gasteiger partial charge in [0.25, 0.3) is 5.91 Å². The molecule has 0 aliphatic carbocycles. The Kier molecular flexibility index (Phi) is 5.24. The third-order valence-electron chi connectivity index (χ3n) is 4.07. The maximum absolute atomic E-state index is 12.5. The molecule has 4 aromatic rings. The quantitative estimate of drug-likeness (QED) is 0.417. The van der Waals surface area contributed by atoms with Gasteiger partial charge in [-0.15, -0.1) is 11.3 Å². The summed E-state index contributed by atoms with van der Waals surface area (Å²) in [5.41, 5.74) is 3.88. The molecule has 2 heterocycles. The summed E-state index contributed by atoms with van der Waals surface area (Å²) in [4.78, 5) is 33.3. The number of carbonyl (C=O) groups excluding carboxylic acids is 2. The van der Waals surface area contributed by atoms with Crippen molar-refractivity contribution in [2.75, 3.05) is 16.0 Å². The lowest BCUT2D eigenvalue weighted by atomic mass is 10.2. The second-order valence-electron chi connectivity index (χ2n) is 6.38. The van der Waals surface area contributed by atoms with E-state index in [1.165, 1.54) is 22.7 Å². The molecule has 0 aliphatic heterocycles. The predicted molar refractivity (Wildman–Crippen MR) is 118 cm³/mol. The van der Waals surface area contributed by atoms with E-state index in [4.69, 9.17) is 0 Å². The molecule has 29 heavy (non-hydrogen) atoms. The number of benzene rings is 2. The van der Waals surface area contributed by atoms with Crippen molar-refractivity contribution in [3.8, 4) is 0 Å². The average Bonchev–Trinajstić information content (AvgIpc) is 3.29. The molecule has 2 aromatic heterocycles. The third kappa shape index (κ3) is 4.41. The molecule has 7 nitrogen and oxygen atoms in total. The van der Waals surface area contributed by atoms with Crippen molar-refractivity contribution in [3.05, 3.63) is 64.7 Å². The largest absolute Gasteiger partial charge is 0.325 e. The summed E-state index contributed by atoms with van der Waals surface area (Å²) in [6, 6.07) is 13.0. The summed E-state index contributed by atoms with van der Waals surface area (Å²) in [7, 11) is 0. The third-order valence-corrected chi connectivity index (χ3v) is 5.77. The minimum Gasteiger partial charge on any atom is -0.308 e. The van der Waals surface area contributed by atoms with Gasteiger partial charge in [0.2, 0.25) is 0 Å². The monoisotopic (exact) mass is 423 g/mol. The molecule has 3 N–H and O–H groups in total. The second-order valence-corrected chi connectivity index (χ2v) is 8.27. The molecule has 0 atom stereocenters. The highest BCUT2D eigenvalue weighted by Crippen LogP contribution is 2.28. The zero-order valence-corrected chi connectivity index (χ0v) is 17.3. The topological polar surface area (TPSA) is 96.0 Å². The van der Waals surface area contributed by atoms with Crippen LogP contribution in [-0.4, -0.2) is 21.9 Å². The van der Waals surface area contributed by atoms with E-state index in [0.29, 0.717) is 16.0 Å². The highest BCUT2D eigenvalue weighted by molar-refractivity contribution is 7.22. The van der Waals surface area contributed by atoms with Gasteiger partial charge in [-0.3, -0.25) is 15.4 Å². The number of para-hydroxylation sites is 1. The van der Waals surface area contributed by atoms with E-state index in [1.54, 1.807) is 11.4 Å². The minimum atomic E-state index is -0.418.